The molecule has 0 bridgehead atoms. The fourth-order valence-electron chi connectivity index (χ4n) is 2.76. The molecule has 0 atom stereocenters. The topological polar surface area (TPSA) is 18.5 Å². The van der Waals surface area contributed by atoms with E-state index >= 15 is 0 Å². The number of rotatable bonds is 4. The van der Waals surface area contributed by atoms with Crippen LogP contribution in [-0.2, 0) is 9.47 Å². The van der Waals surface area contributed by atoms with Gasteiger partial charge in [-0.1, -0.05) is 0 Å². The third kappa shape index (κ3) is 9.61. The van der Waals surface area contributed by atoms with E-state index in [9.17, 15) is 0 Å². The van der Waals surface area contributed by atoms with E-state index in [0.717, 1.165) is 6.42 Å². The van der Waals surface area contributed by atoms with Crippen molar-refractivity contribution in [3.63, 3.8) is 0 Å². The Labute approximate surface area is 108 Å². The highest BCUT2D eigenvalue weighted by Gasteiger charge is 2.35. The fourth-order valence-corrected chi connectivity index (χ4v) is 2.76. The van der Waals surface area contributed by atoms with Crippen molar-refractivity contribution in [2.75, 3.05) is 0 Å². The van der Waals surface area contributed by atoms with Gasteiger partial charge in [-0.2, -0.15) is 0 Å². The molecule has 0 aliphatic carbocycles. The summed E-state index contributed by atoms with van der Waals surface area (Å²) in [6, 6.07) is 0. The van der Waals surface area contributed by atoms with Gasteiger partial charge in [-0.25, -0.2) is 0 Å². The minimum Gasteiger partial charge on any atom is -0.370 e. The Morgan fingerprint density at radius 3 is 0.941 bits per heavy atom. The van der Waals surface area contributed by atoms with Crippen molar-refractivity contribution in [1.82, 2.24) is 0 Å². The van der Waals surface area contributed by atoms with Crippen LogP contribution in [0.2, 0.25) is 0 Å². The van der Waals surface area contributed by atoms with Crippen LogP contribution < -0.4 is 0 Å². The van der Waals surface area contributed by atoms with Crippen LogP contribution in [-0.4, -0.2) is 22.4 Å². The van der Waals surface area contributed by atoms with Crippen LogP contribution in [0.3, 0.4) is 0 Å². The van der Waals surface area contributed by atoms with Gasteiger partial charge in [0.1, 0.15) is 0 Å². The molecule has 0 unspecified atom stereocenters. The van der Waals surface area contributed by atoms with Gasteiger partial charge >= 0.3 is 0 Å². The van der Waals surface area contributed by atoms with E-state index in [2.05, 4.69) is 69.2 Å². The molecule has 2 heteroatoms. The van der Waals surface area contributed by atoms with Crippen molar-refractivity contribution in [3.05, 3.63) is 0 Å². The van der Waals surface area contributed by atoms with Gasteiger partial charge in [-0.05, 0) is 69.2 Å². The Kier molecular flexibility index (Phi) is 4.87. The summed E-state index contributed by atoms with van der Waals surface area (Å²) in [5.41, 5.74) is -0.622. The number of hydrogen-bond acceptors (Lipinski definition) is 2. The maximum Gasteiger partial charge on any atom is 0.0660 e. The van der Waals surface area contributed by atoms with Crippen molar-refractivity contribution in [3.8, 4) is 0 Å². The zero-order chi connectivity index (χ0) is 14.1. The molecule has 0 aromatic carbocycles. The van der Waals surface area contributed by atoms with Gasteiger partial charge in [-0.3, -0.25) is 0 Å². The lowest BCUT2D eigenvalue weighted by Gasteiger charge is -2.41. The van der Waals surface area contributed by atoms with Gasteiger partial charge in [0.05, 0.1) is 22.4 Å². The third-order valence-electron chi connectivity index (χ3n) is 2.02. The first-order valence-corrected chi connectivity index (χ1v) is 6.52. The van der Waals surface area contributed by atoms with Gasteiger partial charge in [0.25, 0.3) is 0 Å². The van der Waals surface area contributed by atoms with E-state index in [0.29, 0.717) is 0 Å². The Bertz CT molecular complexity index is 213. The first kappa shape index (κ1) is 16.9. The molecule has 0 amide bonds. The van der Waals surface area contributed by atoms with Crippen LogP contribution in [0, 0.1) is 0 Å². The molecular weight excluding hydrogens is 212 g/mol. The zero-order valence-corrected chi connectivity index (χ0v) is 13.5. The highest BCUT2D eigenvalue weighted by atomic mass is 16.5. The normalized spacial score (nSPS) is 15.2. The first-order valence-electron chi connectivity index (χ1n) is 6.52. The second-order valence-corrected chi connectivity index (χ2v) is 8.13. The zero-order valence-electron chi connectivity index (χ0n) is 13.5. The summed E-state index contributed by atoms with van der Waals surface area (Å²) in [7, 11) is 0. The average Bonchev–Trinajstić information content (AvgIpc) is 1.65. The molecule has 0 aromatic heterocycles. The van der Waals surface area contributed by atoms with E-state index in [1.165, 1.54) is 0 Å². The second-order valence-electron chi connectivity index (χ2n) is 8.13. The second kappa shape index (κ2) is 4.89. The van der Waals surface area contributed by atoms with Gasteiger partial charge in [0.15, 0.2) is 0 Å². The molecule has 0 spiro atoms. The van der Waals surface area contributed by atoms with Gasteiger partial charge in [0.2, 0.25) is 0 Å². The monoisotopic (exact) mass is 244 g/mol. The summed E-state index contributed by atoms with van der Waals surface area (Å²) in [6.07, 6.45) is 0.870. The molecule has 0 rings (SSSR count). The molecule has 0 aromatic rings. The molecule has 17 heavy (non-hydrogen) atoms. The van der Waals surface area contributed by atoms with E-state index in [-0.39, 0.29) is 22.4 Å². The van der Waals surface area contributed by atoms with Crippen LogP contribution in [0.15, 0.2) is 0 Å². The average molecular weight is 244 g/mol. The van der Waals surface area contributed by atoms with Crippen molar-refractivity contribution >= 4 is 0 Å². The first-order chi connectivity index (χ1) is 7.12. The lowest BCUT2D eigenvalue weighted by atomic mass is 9.90. The lowest BCUT2D eigenvalue weighted by Crippen LogP contribution is -2.44. The fraction of sp³-hybridized carbons (Fsp3) is 1.00. The summed E-state index contributed by atoms with van der Waals surface area (Å²) in [5.74, 6) is 0. The van der Waals surface area contributed by atoms with Gasteiger partial charge in [-0.15, -0.1) is 0 Å². The van der Waals surface area contributed by atoms with Crippen LogP contribution >= 0.6 is 0 Å². The largest absolute Gasteiger partial charge is 0.370 e. The molecule has 0 radical (unpaired) electrons. The van der Waals surface area contributed by atoms with Crippen LogP contribution in [0.4, 0.5) is 0 Å². The predicted molar refractivity (Wildman–Crippen MR) is 74.5 cm³/mol. The quantitative estimate of drug-likeness (QED) is 0.721. The van der Waals surface area contributed by atoms with Crippen molar-refractivity contribution in [1.29, 1.82) is 0 Å². The molecule has 0 N–H and O–H groups in total. The highest BCUT2D eigenvalue weighted by Crippen LogP contribution is 2.32. The van der Waals surface area contributed by atoms with E-state index in [1.54, 1.807) is 0 Å². The van der Waals surface area contributed by atoms with Crippen LogP contribution in [0.1, 0.15) is 75.7 Å². The van der Waals surface area contributed by atoms with E-state index in [1.807, 2.05) is 0 Å². The third-order valence-corrected chi connectivity index (χ3v) is 2.02. The van der Waals surface area contributed by atoms with Crippen LogP contribution in [0.5, 0.6) is 0 Å². The minimum atomic E-state index is -0.188. The molecule has 104 valence electrons. The Morgan fingerprint density at radius 1 is 0.529 bits per heavy atom. The molecule has 0 saturated heterocycles. The summed E-state index contributed by atoms with van der Waals surface area (Å²) < 4.78 is 12.2. The molecule has 0 aliphatic heterocycles. The van der Waals surface area contributed by atoms with E-state index in [4.69, 9.17) is 9.47 Å². The Hall–Kier alpha value is -0.0800. The molecule has 2 nitrogen and oxygen atoms in total. The molecule has 0 heterocycles. The predicted octanol–water partition coefficient (Wildman–Crippen LogP) is 4.56. The number of hydrogen-bond donors (Lipinski definition) is 0. The highest BCUT2D eigenvalue weighted by molar-refractivity contribution is 4.85. The molecule has 0 saturated carbocycles. The number of ether oxygens (including phenoxy) is 2. The summed E-state index contributed by atoms with van der Waals surface area (Å²) >= 11 is 0. The summed E-state index contributed by atoms with van der Waals surface area (Å²) in [4.78, 5) is 0. The maximum absolute atomic E-state index is 6.10. The van der Waals surface area contributed by atoms with Crippen molar-refractivity contribution in [2.24, 2.45) is 0 Å². The van der Waals surface area contributed by atoms with Gasteiger partial charge < -0.3 is 9.47 Å². The lowest BCUT2D eigenvalue weighted by molar-refractivity contribution is -0.176. The van der Waals surface area contributed by atoms with Crippen molar-refractivity contribution in [2.45, 2.75) is 98.1 Å². The van der Waals surface area contributed by atoms with Crippen molar-refractivity contribution < 1.29 is 9.47 Å². The molecule has 0 fully saturated rings. The SMILES string of the molecule is CC(C)(C)OC(C)(C)CC(C)(C)OC(C)(C)C. The standard InChI is InChI=1S/C15H32O2/c1-12(2,3)16-14(7,8)11-15(9,10)17-13(4,5)6/h11H2,1-10H3. The Balaban J connectivity index is 4.59. The summed E-state index contributed by atoms with van der Waals surface area (Å²) in [5, 5.41) is 0. The molecule has 0 aliphatic rings. The maximum atomic E-state index is 6.10. The minimum absolute atomic E-state index is 0.124. The van der Waals surface area contributed by atoms with E-state index < -0.39 is 0 Å². The van der Waals surface area contributed by atoms with Gasteiger partial charge in [0, 0.05) is 6.42 Å². The smallest absolute Gasteiger partial charge is 0.0660 e. The van der Waals surface area contributed by atoms with Crippen LogP contribution in [0.25, 0.3) is 0 Å². The Morgan fingerprint density at radius 2 is 0.765 bits per heavy atom. The summed E-state index contributed by atoms with van der Waals surface area (Å²) in [6.45, 7) is 21.1. The molecular formula is C15H32O2.